The van der Waals surface area contributed by atoms with Gasteiger partial charge in [-0.3, -0.25) is 0 Å². The molecule has 0 aliphatic carbocycles. The van der Waals surface area contributed by atoms with Crippen molar-refractivity contribution in [3.8, 4) is 11.1 Å². The van der Waals surface area contributed by atoms with Crippen LogP contribution in [0.25, 0.3) is 11.1 Å². The number of aryl methyl sites for hydroxylation is 2. The third kappa shape index (κ3) is 2.56. The van der Waals surface area contributed by atoms with Crippen LogP contribution >= 0.6 is 0 Å². The zero-order valence-corrected chi connectivity index (χ0v) is 10.4. The van der Waals surface area contributed by atoms with Gasteiger partial charge in [-0.1, -0.05) is 43.3 Å². The average molecular weight is 226 g/mol. The lowest BCUT2D eigenvalue weighted by atomic mass is 9.97. The van der Waals surface area contributed by atoms with Crippen LogP contribution in [-0.4, -0.2) is 5.11 Å². The molecular weight excluding hydrogens is 208 g/mol. The lowest BCUT2D eigenvalue weighted by Gasteiger charge is -2.08. The van der Waals surface area contributed by atoms with Gasteiger partial charge < -0.3 is 5.11 Å². The summed E-state index contributed by atoms with van der Waals surface area (Å²) in [4.78, 5) is 0. The number of hydrogen-bond acceptors (Lipinski definition) is 1. The number of hydrogen-bond donors (Lipinski definition) is 1. The van der Waals surface area contributed by atoms with Crippen molar-refractivity contribution in [2.24, 2.45) is 0 Å². The first-order valence-electron chi connectivity index (χ1n) is 6.04. The second kappa shape index (κ2) is 5.15. The lowest BCUT2D eigenvalue weighted by Crippen LogP contribution is -1.89. The fraction of sp³-hybridized carbons (Fsp3) is 0.250. The van der Waals surface area contributed by atoms with Crippen molar-refractivity contribution < 1.29 is 5.11 Å². The van der Waals surface area contributed by atoms with E-state index in [9.17, 15) is 5.11 Å². The summed E-state index contributed by atoms with van der Waals surface area (Å²) in [6, 6.07) is 14.7. The highest BCUT2D eigenvalue weighted by Crippen LogP contribution is 2.25. The van der Waals surface area contributed by atoms with E-state index in [-0.39, 0.29) is 6.61 Å². The van der Waals surface area contributed by atoms with Gasteiger partial charge in [0.25, 0.3) is 0 Å². The highest BCUT2D eigenvalue weighted by Gasteiger charge is 2.03. The van der Waals surface area contributed by atoms with Gasteiger partial charge in [-0.2, -0.15) is 0 Å². The molecule has 0 amide bonds. The van der Waals surface area contributed by atoms with E-state index >= 15 is 0 Å². The molecule has 0 aromatic heterocycles. The number of aliphatic hydroxyl groups excluding tert-OH is 1. The van der Waals surface area contributed by atoms with Crippen LogP contribution in [0.4, 0.5) is 0 Å². The van der Waals surface area contributed by atoms with E-state index in [2.05, 4.69) is 50.2 Å². The smallest absolute Gasteiger partial charge is 0.0682 e. The molecule has 0 spiro atoms. The van der Waals surface area contributed by atoms with E-state index in [0.717, 1.165) is 12.0 Å². The summed E-state index contributed by atoms with van der Waals surface area (Å²) in [5.74, 6) is 0. The highest BCUT2D eigenvalue weighted by molar-refractivity contribution is 5.68. The fourth-order valence-corrected chi connectivity index (χ4v) is 2.00. The van der Waals surface area contributed by atoms with Crippen molar-refractivity contribution in [2.45, 2.75) is 26.9 Å². The molecule has 1 nitrogen and oxygen atoms in total. The molecule has 0 bridgehead atoms. The Morgan fingerprint density at radius 1 is 0.941 bits per heavy atom. The SMILES string of the molecule is CCc1ccc(-c2cc(CO)ccc2C)cc1. The van der Waals surface area contributed by atoms with Crippen LogP contribution in [0.3, 0.4) is 0 Å². The number of aliphatic hydroxyl groups is 1. The highest BCUT2D eigenvalue weighted by atomic mass is 16.3. The van der Waals surface area contributed by atoms with E-state index in [0.29, 0.717) is 0 Å². The Balaban J connectivity index is 2.43. The average Bonchev–Trinajstić information content (AvgIpc) is 2.39. The maximum absolute atomic E-state index is 9.18. The zero-order valence-electron chi connectivity index (χ0n) is 10.4. The molecule has 2 rings (SSSR count). The summed E-state index contributed by atoms with van der Waals surface area (Å²) in [6.07, 6.45) is 1.07. The molecule has 0 atom stereocenters. The van der Waals surface area contributed by atoms with Gasteiger partial charge in [0.1, 0.15) is 0 Å². The van der Waals surface area contributed by atoms with Crippen LogP contribution in [0.1, 0.15) is 23.6 Å². The van der Waals surface area contributed by atoms with Crippen molar-refractivity contribution in [1.82, 2.24) is 0 Å². The molecule has 0 saturated carbocycles. The van der Waals surface area contributed by atoms with Crippen molar-refractivity contribution in [2.75, 3.05) is 0 Å². The minimum atomic E-state index is 0.0975. The van der Waals surface area contributed by atoms with Crippen LogP contribution in [0, 0.1) is 6.92 Å². The number of benzene rings is 2. The van der Waals surface area contributed by atoms with Crippen LogP contribution < -0.4 is 0 Å². The minimum Gasteiger partial charge on any atom is -0.392 e. The van der Waals surface area contributed by atoms with Crippen LogP contribution in [-0.2, 0) is 13.0 Å². The molecule has 88 valence electrons. The first-order valence-corrected chi connectivity index (χ1v) is 6.04. The Morgan fingerprint density at radius 3 is 2.18 bits per heavy atom. The van der Waals surface area contributed by atoms with Gasteiger partial charge in [0.2, 0.25) is 0 Å². The summed E-state index contributed by atoms with van der Waals surface area (Å²) in [5, 5.41) is 9.18. The maximum atomic E-state index is 9.18. The molecule has 1 heteroatoms. The maximum Gasteiger partial charge on any atom is 0.0682 e. The van der Waals surface area contributed by atoms with E-state index in [1.54, 1.807) is 0 Å². The van der Waals surface area contributed by atoms with E-state index in [1.165, 1.54) is 22.3 Å². The van der Waals surface area contributed by atoms with E-state index in [1.807, 2.05) is 6.07 Å². The molecule has 0 fully saturated rings. The van der Waals surface area contributed by atoms with Gasteiger partial charge in [-0.25, -0.2) is 0 Å². The second-order valence-corrected chi connectivity index (χ2v) is 4.36. The molecule has 0 saturated heterocycles. The third-order valence-corrected chi connectivity index (χ3v) is 3.16. The summed E-state index contributed by atoms with van der Waals surface area (Å²) in [7, 11) is 0. The normalized spacial score (nSPS) is 10.5. The predicted octanol–water partition coefficient (Wildman–Crippen LogP) is 3.72. The Bertz CT molecular complexity index is 497. The number of rotatable bonds is 3. The zero-order chi connectivity index (χ0) is 12.3. The van der Waals surface area contributed by atoms with Crippen molar-refractivity contribution >= 4 is 0 Å². The molecule has 0 unspecified atom stereocenters. The summed E-state index contributed by atoms with van der Waals surface area (Å²) in [5.41, 5.74) is 5.98. The third-order valence-electron chi connectivity index (χ3n) is 3.16. The Hall–Kier alpha value is -1.60. The molecule has 1 N–H and O–H groups in total. The van der Waals surface area contributed by atoms with Gasteiger partial charge >= 0.3 is 0 Å². The van der Waals surface area contributed by atoms with Crippen molar-refractivity contribution in [3.63, 3.8) is 0 Å². The van der Waals surface area contributed by atoms with Crippen LogP contribution in [0.5, 0.6) is 0 Å². The molecular formula is C16H18O. The summed E-state index contributed by atoms with van der Waals surface area (Å²) < 4.78 is 0. The van der Waals surface area contributed by atoms with E-state index < -0.39 is 0 Å². The summed E-state index contributed by atoms with van der Waals surface area (Å²) >= 11 is 0. The van der Waals surface area contributed by atoms with Gasteiger partial charge in [0.05, 0.1) is 6.61 Å². The largest absolute Gasteiger partial charge is 0.392 e. The van der Waals surface area contributed by atoms with Crippen molar-refractivity contribution in [1.29, 1.82) is 0 Å². The molecule has 0 aliphatic rings. The van der Waals surface area contributed by atoms with Gasteiger partial charge in [0.15, 0.2) is 0 Å². The first-order chi connectivity index (χ1) is 8.24. The molecule has 17 heavy (non-hydrogen) atoms. The van der Waals surface area contributed by atoms with Gasteiger partial charge in [0, 0.05) is 0 Å². The predicted molar refractivity (Wildman–Crippen MR) is 71.9 cm³/mol. The Labute approximate surface area is 103 Å². The molecule has 0 heterocycles. The topological polar surface area (TPSA) is 20.2 Å². The van der Waals surface area contributed by atoms with Gasteiger partial charge in [-0.15, -0.1) is 0 Å². The van der Waals surface area contributed by atoms with Crippen LogP contribution in [0.15, 0.2) is 42.5 Å². The first kappa shape index (κ1) is 11.9. The monoisotopic (exact) mass is 226 g/mol. The van der Waals surface area contributed by atoms with Crippen LogP contribution in [0.2, 0.25) is 0 Å². The molecule has 2 aromatic rings. The Morgan fingerprint density at radius 2 is 1.59 bits per heavy atom. The molecule has 2 aromatic carbocycles. The van der Waals surface area contributed by atoms with E-state index in [4.69, 9.17) is 0 Å². The molecule has 0 radical (unpaired) electrons. The fourth-order valence-electron chi connectivity index (χ4n) is 2.00. The van der Waals surface area contributed by atoms with Gasteiger partial charge in [-0.05, 0) is 47.2 Å². The minimum absolute atomic E-state index is 0.0975. The second-order valence-electron chi connectivity index (χ2n) is 4.36. The summed E-state index contributed by atoms with van der Waals surface area (Å²) in [6.45, 7) is 4.36. The lowest BCUT2D eigenvalue weighted by molar-refractivity contribution is 0.282. The molecule has 0 aliphatic heterocycles. The quantitative estimate of drug-likeness (QED) is 0.845. The Kier molecular flexibility index (Phi) is 3.60. The van der Waals surface area contributed by atoms with Crippen molar-refractivity contribution in [3.05, 3.63) is 59.2 Å². The standard InChI is InChI=1S/C16H18O/c1-3-13-6-8-15(9-7-13)16-10-14(11-17)5-4-12(16)2/h4-10,17H,3,11H2,1-2H3.